The van der Waals surface area contributed by atoms with Crippen molar-refractivity contribution in [3.05, 3.63) is 54.1 Å². The minimum atomic E-state index is -0.264. The molecule has 1 unspecified atom stereocenters. The third-order valence-electron chi connectivity index (χ3n) is 3.94. The van der Waals surface area contributed by atoms with Gasteiger partial charge in [-0.1, -0.05) is 35.2 Å². The van der Waals surface area contributed by atoms with Crippen LogP contribution < -0.4 is 4.74 Å². The van der Waals surface area contributed by atoms with Crippen molar-refractivity contribution in [1.82, 2.24) is 14.6 Å². The van der Waals surface area contributed by atoms with Gasteiger partial charge in [0, 0.05) is 5.56 Å². The molecular weight excluding hydrogens is 354 g/mol. The van der Waals surface area contributed by atoms with E-state index in [0.29, 0.717) is 5.56 Å². The maximum absolute atomic E-state index is 12.7. The number of nitrogens with zero attached hydrogens (tertiary/aromatic N) is 3. The molecule has 0 aliphatic rings. The number of carbonyl (C=O) groups excluding carboxylic acids is 1. The highest BCUT2D eigenvalue weighted by molar-refractivity contribution is 8.00. The maximum atomic E-state index is 12.7. The van der Waals surface area contributed by atoms with E-state index < -0.39 is 0 Å². The molecule has 1 atom stereocenters. The predicted octanol–water partition coefficient (Wildman–Crippen LogP) is 4.32. The van der Waals surface area contributed by atoms with Crippen LogP contribution >= 0.6 is 23.1 Å². The van der Waals surface area contributed by atoms with Crippen molar-refractivity contribution in [3.8, 4) is 5.75 Å². The second kappa shape index (κ2) is 6.50. The number of thioether (sulfide) groups is 1. The first-order chi connectivity index (χ1) is 12.2. The number of para-hydroxylation sites is 1. The van der Waals surface area contributed by atoms with Crippen molar-refractivity contribution in [2.24, 2.45) is 0 Å². The molecule has 0 bridgehead atoms. The molecule has 2 aromatic heterocycles. The van der Waals surface area contributed by atoms with Gasteiger partial charge in [-0.3, -0.25) is 9.20 Å². The fourth-order valence-electron chi connectivity index (χ4n) is 2.63. The fourth-order valence-corrected chi connectivity index (χ4v) is 4.59. The molecule has 0 N–H and O–H groups in total. The van der Waals surface area contributed by atoms with Crippen molar-refractivity contribution in [2.75, 3.05) is 7.11 Å². The van der Waals surface area contributed by atoms with Crippen LogP contribution in [0.15, 0.2) is 53.7 Å². The van der Waals surface area contributed by atoms with E-state index in [0.717, 1.165) is 26.1 Å². The van der Waals surface area contributed by atoms with E-state index >= 15 is 0 Å². The van der Waals surface area contributed by atoms with E-state index in [4.69, 9.17) is 4.74 Å². The van der Waals surface area contributed by atoms with Gasteiger partial charge in [-0.15, -0.1) is 10.2 Å². The highest BCUT2D eigenvalue weighted by atomic mass is 32.2. The molecule has 0 spiro atoms. The summed E-state index contributed by atoms with van der Waals surface area (Å²) in [6.45, 7) is 1.90. The summed E-state index contributed by atoms with van der Waals surface area (Å²) in [6.07, 6.45) is 0. The van der Waals surface area contributed by atoms with Crippen LogP contribution in [0.4, 0.5) is 0 Å². The van der Waals surface area contributed by atoms with E-state index in [9.17, 15) is 4.79 Å². The lowest BCUT2D eigenvalue weighted by atomic mass is 10.1. The Morgan fingerprint density at radius 3 is 2.68 bits per heavy atom. The SMILES string of the molecule is COc1ccc(C(=O)C(C)Sc2nnc3sc4ccccc4n23)cc1. The standard InChI is InChI=1S/C18H15N3O2S2/c1-11(16(22)12-7-9-13(23-2)10-8-12)24-17-19-20-18-21(17)14-5-3-4-6-15(14)25-18/h3-11H,1-2H3. The topological polar surface area (TPSA) is 56.5 Å². The third-order valence-corrected chi connectivity index (χ3v) is 5.99. The van der Waals surface area contributed by atoms with E-state index in [2.05, 4.69) is 16.3 Å². The predicted molar refractivity (Wildman–Crippen MR) is 101 cm³/mol. The Morgan fingerprint density at radius 2 is 1.92 bits per heavy atom. The summed E-state index contributed by atoms with van der Waals surface area (Å²) in [5.74, 6) is 0.796. The summed E-state index contributed by atoms with van der Waals surface area (Å²) >= 11 is 3.02. The third kappa shape index (κ3) is 2.89. The molecule has 126 valence electrons. The lowest BCUT2D eigenvalue weighted by molar-refractivity contribution is 0.0994. The second-order valence-corrected chi connectivity index (χ2v) is 7.84. The minimum absolute atomic E-state index is 0.0592. The van der Waals surface area contributed by atoms with Gasteiger partial charge in [0.05, 0.1) is 22.6 Å². The molecule has 7 heteroatoms. The Balaban J connectivity index is 1.62. The number of Topliss-reactive ketones (excluding diaryl/α,β-unsaturated/α-hetero) is 1. The average molecular weight is 369 g/mol. The number of ketones is 1. The normalized spacial score (nSPS) is 12.6. The zero-order valence-electron chi connectivity index (χ0n) is 13.7. The van der Waals surface area contributed by atoms with Crippen LogP contribution in [0.3, 0.4) is 0 Å². The summed E-state index contributed by atoms with van der Waals surface area (Å²) in [7, 11) is 1.61. The number of methoxy groups -OCH3 is 1. The van der Waals surface area contributed by atoms with E-state index in [1.165, 1.54) is 11.8 Å². The summed E-state index contributed by atoms with van der Waals surface area (Å²) < 4.78 is 8.31. The van der Waals surface area contributed by atoms with Crippen molar-refractivity contribution in [2.45, 2.75) is 17.3 Å². The molecule has 0 aliphatic carbocycles. The Kier molecular flexibility index (Phi) is 4.19. The molecule has 4 aromatic rings. The van der Waals surface area contributed by atoms with Crippen LogP contribution in [0.25, 0.3) is 15.2 Å². The van der Waals surface area contributed by atoms with Crippen LogP contribution in [0.5, 0.6) is 5.75 Å². The average Bonchev–Trinajstić information content (AvgIpc) is 3.21. The molecule has 2 heterocycles. The number of fused-ring (bicyclic) bond motifs is 3. The number of benzene rings is 2. The summed E-state index contributed by atoms with van der Waals surface area (Å²) in [5, 5.41) is 8.98. The number of ether oxygens (including phenoxy) is 1. The van der Waals surface area contributed by atoms with Crippen molar-refractivity contribution in [3.63, 3.8) is 0 Å². The fraction of sp³-hybridized carbons (Fsp3) is 0.167. The van der Waals surface area contributed by atoms with Crippen molar-refractivity contribution in [1.29, 1.82) is 0 Å². The van der Waals surface area contributed by atoms with Gasteiger partial charge in [-0.05, 0) is 43.3 Å². The van der Waals surface area contributed by atoms with Gasteiger partial charge >= 0.3 is 0 Å². The first-order valence-electron chi connectivity index (χ1n) is 7.75. The maximum Gasteiger partial charge on any atom is 0.217 e. The molecule has 0 radical (unpaired) electrons. The Hall–Kier alpha value is -2.38. The van der Waals surface area contributed by atoms with Gasteiger partial charge in [-0.25, -0.2) is 0 Å². The van der Waals surface area contributed by atoms with Crippen LogP contribution in [0.1, 0.15) is 17.3 Å². The molecule has 0 aliphatic heterocycles. The quantitative estimate of drug-likeness (QED) is 0.387. The number of rotatable bonds is 5. The van der Waals surface area contributed by atoms with Crippen molar-refractivity contribution < 1.29 is 9.53 Å². The molecule has 0 saturated heterocycles. The molecule has 4 rings (SSSR count). The largest absolute Gasteiger partial charge is 0.497 e. The molecular formula is C18H15N3O2S2. The van der Waals surface area contributed by atoms with Gasteiger partial charge in [0.1, 0.15) is 5.75 Å². The van der Waals surface area contributed by atoms with Gasteiger partial charge in [0.15, 0.2) is 10.9 Å². The number of carbonyl (C=O) groups is 1. The van der Waals surface area contributed by atoms with Gasteiger partial charge in [0.2, 0.25) is 4.96 Å². The van der Waals surface area contributed by atoms with Gasteiger partial charge in [-0.2, -0.15) is 0 Å². The molecule has 25 heavy (non-hydrogen) atoms. The Labute approximate surface area is 152 Å². The monoisotopic (exact) mass is 369 g/mol. The molecule has 0 amide bonds. The summed E-state index contributed by atoms with van der Waals surface area (Å²) in [4.78, 5) is 13.5. The zero-order chi connectivity index (χ0) is 17.4. The summed E-state index contributed by atoms with van der Waals surface area (Å²) in [5.41, 5.74) is 1.73. The minimum Gasteiger partial charge on any atom is -0.497 e. The van der Waals surface area contributed by atoms with Crippen molar-refractivity contribution >= 4 is 44.1 Å². The van der Waals surface area contributed by atoms with Gasteiger partial charge in [0.25, 0.3) is 0 Å². The Bertz CT molecular complexity index is 1050. The van der Waals surface area contributed by atoms with Crippen LogP contribution in [-0.2, 0) is 0 Å². The first kappa shape index (κ1) is 16.1. The molecule has 0 saturated carbocycles. The second-order valence-electron chi connectivity index (χ2n) is 5.52. The van der Waals surface area contributed by atoms with Crippen LogP contribution in [-0.4, -0.2) is 32.7 Å². The number of hydrogen-bond donors (Lipinski definition) is 0. The molecule has 5 nitrogen and oxygen atoms in total. The summed E-state index contributed by atoms with van der Waals surface area (Å²) in [6, 6.07) is 15.3. The molecule has 0 fully saturated rings. The van der Waals surface area contributed by atoms with Gasteiger partial charge < -0.3 is 4.74 Å². The van der Waals surface area contributed by atoms with Crippen LogP contribution in [0.2, 0.25) is 0 Å². The first-order valence-corrected chi connectivity index (χ1v) is 9.44. The number of hydrogen-bond acceptors (Lipinski definition) is 6. The van der Waals surface area contributed by atoms with E-state index in [1.807, 2.05) is 29.5 Å². The molecule has 2 aromatic carbocycles. The highest BCUT2D eigenvalue weighted by Crippen LogP contribution is 2.32. The van der Waals surface area contributed by atoms with E-state index in [1.54, 1.807) is 42.7 Å². The smallest absolute Gasteiger partial charge is 0.217 e. The number of aromatic nitrogens is 3. The van der Waals surface area contributed by atoms with Crippen LogP contribution in [0, 0.1) is 0 Å². The number of thiazole rings is 1. The lowest BCUT2D eigenvalue weighted by Gasteiger charge is -2.09. The highest BCUT2D eigenvalue weighted by Gasteiger charge is 2.21. The Morgan fingerprint density at radius 1 is 1.16 bits per heavy atom. The van der Waals surface area contributed by atoms with E-state index in [-0.39, 0.29) is 11.0 Å². The zero-order valence-corrected chi connectivity index (χ0v) is 15.3. The lowest BCUT2D eigenvalue weighted by Crippen LogP contribution is -2.14.